The first kappa shape index (κ1) is 33.6. The van der Waals surface area contributed by atoms with Crippen molar-refractivity contribution < 1.29 is 28.6 Å². The molecule has 0 atom stereocenters. The molecule has 0 saturated heterocycles. The number of nitrogens with one attached hydrogen (secondary N) is 2. The summed E-state index contributed by atoms with van der Waals surface area (Å²) < 4.78 is 17.4. The number of benzene rings is 2. The summed E-state index contributed by atoms with van der Waals surface area (Å²) in [4.78, 5) is 45.6. The van der Waals surface area contributed by atoms with Crippen LogP contribution in [0.1, 0.15) is 82.0 Å². The molecule has 0 spiro atoms. The molecule has 0 aliphatic carbocycles. The van der Waals surface area contributed by atoms with Crippen molar-refractivity contribution in [2.75, 3.05) is 32.2 Å². The highest BCUT2D eigenvalue weighted by molar-refractivity contribution is 7.13. The zero-order valence-corrected chi connectivity index (χ0v) is 27.8. The van der Waals surface area contributed by atoms with Gasteiger partial charge in [0.2, 0.25) is 0 Å². The third-order valence-corrected chi connectivity index (χ3v) is 8.84. The Morgan fingerprint density at radius 2 is 1.83 bits per heavy atom. The Kier molecular flexibility index (Phi) is 11.2. The van der Waals surface area contributed by atoms with Crippen LogP contribution in [0.4, 0.5) is 5.69 Å². The largest absolute Gasteiger partial charge is 0.493 e. The molecular formula is C36H40N4O6S. The van der Waals surface area contributed by atoms with Crippen molar-refractivity contribution in [2.45, 2.75) is 52.5 Å². The Hall–Kier alpha value is -4.74. The summed E-state index contributed by atoms with van der Waals surface area (Å²) in [6.45, 7) is 5.80. The number of nitrogens with two attached hydrogens (primary N) is 1. The fourth-order valence-corrected chi connectivity index (χ4v) is 6.33. The van der Waals surface area contributed by atoms with E-state index in [0.29, 0.717) is 61.0 Å². The van der Waals surface area contributed by atoms with Gasteiger partial charge in [-0.25, -0.2) is 9.78 Å². The molecule has 4 aromatic rings. The van der Waals surface area contributed by atoms with Gasteiger partial charge in [0.1, 0.15) is 17.2 Å². The van der Waals surface area contributed by atoms with Gasteiger partial charge in [0.25, 0.3) is 11.8 Å². The van der Waals surface area contributed by atoms with Crippen LogP contribution in [0.15, 0.2) is 53.9 Å². The van der Waals surface area contributed by atoms with E-state index >= 15 is 0 Å². The van der Waals surface area contributed by atoms with E-state index in [1.807, 2.05) is 24.4 Å². The fraction of sp³-hybridized carbons (Fsp3) is 0.333. The molecule has 0 radical (unpaired) electrons. The Labute approximate surface area is 278 Å². The number of unbranched alkanes of at least 4 members (excludes halogenated alkanes) is 2. The monoisotopic (exact) mass is 656 g/mol. The second-order valence-electron chi connectivity index (χ2n) is 11.2. The van der Waals surface area contributed by atoms with Gasteiger partial charge in [-0.3, -0.25) is 9.59 Å². The molecule has 0 unspecified atom stereocenters. The standard InChI is InChI=1S/C36H40N4O6S/c1-4-6-7-15-45-31-18-22(21-37)8-10-28(31)40-34(41)26-19-27-30(46-16-12-23-13-17-47-33(23)27)20-25(26)24-9-11-29(35(42)38-14-5-2)39-32(24)36(43)44-3/h8-11,13,17-20H,4-7,12,14-16,21,37H2,1-3H3,(H,38,42)(H,40,41). The number of methoxy groups -OCH3 is 1. The van der Waals surface area contributed by atoms with Crippen LogP contribution in [-0.2, 0) is 17.7 Å². The molecule has 2 aromatic carbocycles. The molecular weight excluding hydrogens is 616 g/mol. The van der Waals surface area contributed by atoms with Gasteiger partial charge in [-0.05, 0) is 71.8 Å². The summed E-state index contributed by atoms with van der Waals surface area (Å²) in [5.74, 6) is -0.482. The lowest BCUT2D eigenvalue weighted by Gasteiger charge is -2.18. The number of hydrogen-bond acceptors (Lipinski definition) is 9. The number of rotatable bonds is 13. The topological polar surface area (TPSA) is 142 Å². The zero-order chi connectivity index (χ0) is 33.3. The Bertz CT molecular complexity index is 1770. The second-order valence-corrected chi connectivity index (χ2v) is 12.1. The van der Waals surface area contributed by atoms with E-state index in [1.54, 1.807) is 35.6 Å². The summed E-state index contributed by atoms with van der Waals surface area (Å²) in [6.07, 6.45) is 4.42. The maximum absolute atomic E-state index is 14.3. The highest BCUT2D eigenvalue weighted by Crippen LogP contribution is 2.43. The number of esters is 1. The summed E-state index contributed by atoms with van der Waals surface area (Å²) in [6, 6.07) is 14.2. The number of pyridine rings is 1. The van der Waals surface area contributed by atoms with E-state index in [-0.39, 0.29) is 17.0 Å². The molecule has 1 aliphatic heterocycles. The smallest absolute Gasteiger partial charge is 0.357 e. The summed E-state index contributed by atoms with van der Waals surface area (Å²) >= 11 is 1.58. The van der Waals surface area contributed by atoms with Gasteiger partial charge in [0, 0.05) is 46.6 Å². The molecule has 5 rings (SSSR count). The van der Waals surface area contributed by atoms with Crippen LogP contribution in [0.3, 0.4) is 0 Å². The van der Waals surface area contributed by atoms with Crippen molar-refractivity contribution in [3.05, 3.63) is 82.0 Å². The quantitative estimate of drug-likeness (QED) is 0.108. The number of hydrogen-bond donors (Lipinski definition) is 3. The average molecular weight is 657 g/mol. The normalized spacial score (nSPS) is 11.8. The third kappa shape index (κ3) is 7.64. The molecule has 2 aromatic heterocycles. The number of nitrogens with zero attached hydrogens (tertiary/aromatic N) is 1. The lowest BCUT2D eigenvalue weighted by atomic mass is 9.93. The number of carbonyl (C=O) groups excluding carboxylic acids is 3. The Morgan fingerprint density at radius 1 is 0.979 bits per heavy atom. The van der Waals surface area contributed by atoms with Crippen molar-refractivity contribution in [1.29, 1.82) is 0 Å². The van der Waals surface area contributed by atoms with Crippen molar-refractivity contribution in [1.82, 2.24) is 10.3 Å². The molecule has 0 fully saturated rings. The first-order valence-corrected chi connectivity index (χ1v) is 16.8. The fourth-order valence-electron chi connectivity index (χ4n) is 5.35. The average Bonchev–Trinajstić information content (AvgIpc) is 3.50. The molecule has 10 nitrogen and oxygen atoms in total. The predicted octanol–water partition coefficient (Wildman–Crippen LogP) is 6.62. The summed E-state index contributed by atoms with van der Waals surface area (Å²) in [7, 11) is 1.25. The molecule has 0 bridgehead atoms. The zero-order valence-electron chi connectivity index (χ0n) is 26.9. The SMILES string of the molecule is CCCCCOc1cc(CN)ccc1NC(=O)c1cc2c(cc1-c1ccc(C(=O)NCCC)nc1C(=O)OC)OCCc1ccsc1-2. The van der Waals surface area contributed by atoms with Gasteiger partial charge >= 0.3 is 5.97 Å². The number of carbonyl (C=O) groups is 3. The van der Waals surface area contributed by atoms with E-state index in [9.17, 15) is 14.4 Å². The van der Waals surface area contributed by atoms with Crippen LogP contribution in [0.2, 0.25) is 0 Å². The van der Waals surface area contributed by atoms with Crippen LogP contribution < -0.4 is 25.8 Å². The van der Waals surface area contributed by atoms with E-state index in [4.69, 9.17) is 19.9 Å². The number of amides is 2. The minimum Gasteiger partial charge on any atom is -0.493 e. The number of aromatic nitrogens is 1. The third-order valence-electron chi connectivity index (χ3n) is 7.85. The number of ether oxygens (including phenoxy) is 3. The van der Waals surface area contributed by atoms with E-state index < -0.39 is 17.8 Å². The van der Waals surface area contributed by atoms with Crippen LogP contribution in [0.25, 0.3) is 21.6 Å². The molecule has 4 N–H and O–H groups in total. The van der Waals surface area contributed by atoms with Crippen LogP contribution in [-0.4, -0.2) is 49.6 Å². The van der Waals surface area contributed by atoms with Gasteiger partial charge in [-0.1, -0.05) is 32.8 Å². The highest BCUT2D eigenvalue weighted by atomic mass is 32.1. The van der Waals surface area contributed by atoms with E-state index in [0.717, 1.165) is 47.3 Å². The second kappa shape index (κ2) is 15.7. The molecule has 2 amide bonds. The number of anilines is 1. The van der Waals surface area contributed by atoms with Crippen molar-refractivity contribution in [3.63, 3.8) is 0 Å². The lowest BCUT2D eigenvalue weighted by molar-refractivity contribution is 0.0594. The Morgan fingerprint density at radius 3 is 2.60 bits per heavy atom. The molecule has 47 heavy (non-hydrogen) atoms. The summed E-state index contributed by atoms with van der Waals surface area (Å²) in [5.41, 5.74) is 10.2. The molecule has 246 valence electrons. The van der Waals surface area contributed by atoms with Crippen LogP contribution in [0, 0.1) is 0 Å². The first-order valence-electron chi connectivity index (χ1n) is 15.9. The van der Waals surface area contributed by atoms with Gasteiger partial charge in [-0.15, -0.1) is 11.3 Å². The van der Waals surface area contributed by atoms with Crippen LogP contribution in [0.5, 0.6) is 11.5 Å². The number of fused-ring (bicyclic) bond motifs is 3. The first-order chi connectivity index (χ1) is 22.9. The maximum atomic E-state index is 14.3. The van der Waals surface area contributed by atoms with E-state index in [1.165, 1.54) is 13.2 Å². The van der Waals surface area contributed by atoms with Crippen molar-refractivity contribution in [2.24, 2.45) is 5.73 Å². The molecule has 3 heterocycles. The van der Waals surface area contributed by atoms with Gasteiger partial charge in [-0.2, -0.15) is 0 Å². The molecule has 0 saturated carbocycles. The minimum atomic E-state index is -0.743. The molecule has 1 aliphatic rings. The predicted molar refractivity (Wildman–Crippen MR) is 183 cm³/mol. The van der Waals surface area contributed by atoms with E-state index in [2.05, 4.69) is 28.6 Å². The lowest BCUT2D eigenvalue weighted by Crippen LogP contribution is -2.26. The number of thiophene rings is 1. The van der Waals surface area contributed by atoms with Crippen molar-refractivity contribution in [3.8, 4) is 33.1 Å². The van der Waals surface area contributed by atoms with Crippen molar-refractivity contribution >= 4 is 34.8 Å². The highest BCUT2D eigenvalue weighted by Gasteiger charge is 2.27. The minimum absolute atomic E-state index is 0.0627. The van der Waals surface area contributed by atoms with Gasteiger partial charge < -0.3 is 30.6 Å². The summed E-state index contributed by atoms with van der Waals surface area (Å²) in [5, 5.41) is 7.85. The van der Waals surface area contributed by atoms with Gasteiger partial charge in [0.05, 0.1) is 26.0 Å². The Balaban J connectivity index is 1.63. The molecule has 11 heteroatoms. The van der Waals surface area contributed by atoms with Crippen LogP contribution >= 0.6 is 11.3 Å². The maximum Gasteiger partial charge on any atom is 0.357 e. The van der Waals surface area contributed by atoms with Gasteiger partial charge in [0.15, 0.2) is 5.69 Å².